The topological polar surface area (TPSA) is 63.8 Å². The van der Waals surface area contributed by atoms with Crippen LogP contribution in [0.1, 0.15) is 5.56 Å². The molecule has 0 unspecified atom stereocenters. The van der Waals surface area contributed by atoms with E-state index >= 15 is 0 Å². The van der Waals surface area contributed by atoms with E-state index in [9.17, 15) is 0 Å². The number of nitrogens with one attached hydrogen (secondary N) is 1. The van der Waals surface area contributed by atoms with Crippen molar-refractivity contribution in [3.05, 3.63) is 54.1 Å². The molecule has 4 heteroatoms. The molecule has 0 bridgehead atoms. The molecule has 1 aromatic heterocycles. The highest BCUT2D eigenvalue weighted by molar-refractivity contribution is 5.90. The first-order valence-electron chi connectivity index (χ1n) is 7.06. The molecule has 2 aromatic carbocycles. The molecule has 0 aliphatic heterocycles. The van der Waals surface area contributed by atoms with Gasteiger partial charge < -0.3 is 11.1 Å². The highest BCUT2D eigenvalue weighted by Gasteiger charge is 2.10. The molecule has 4 nitrogen and oxygen atoms in total. The molecule has 0 saturated carbocycles. The van der Waals surface area contributed by atoms with Gasteiger partial charge in [0.25, 0.3) is 0 Å². The molecule has 21 heavy (non-hydrogen) atoms. The van der Waals surface area contributed by atoms with Gasteiger partial charge in [0.15, 0.2) is 5.82 Å². The van der Waals surface area contributed by atoms with Gasteiger partial charge in [0.05, 0.1) is 5.52 Å². The van der Waals surface area contributed by atoms with E-state index in [1.165, 1.54) is 0 Å². The van der Waals surface area contributed by atoms with Crippen LogP contribution >= 0.6 is 0 Å². The Morgan fingerprint density at radius 3 is 2.57 bits per heavy atom. The van der Waals surface area contributed by atoms with Crippen molar-refractivity contribution in [2.24, 2.45) is 5.73 Å². The van der Waals surface area contributed by atoms with Crippen molar-refractivity contribution in [2.75, 3.05) is 18.4 Å². The Bertz CT molecular complexity index is 768. The first-order chi connectivity index (χ1) is 10.3. The van der Waals surface area contributed by atoms with Crippen molar-refractivity contribution in [2.45, 2.75) is 6.92 Å². The minimum atomic E-state index is 0.567. The van der Waals surface area contributed by atoms with Crippen molar-refractivity contribution in [1.82, 2.24) is 9.97 Å². The van der Waals surface area contributed by atoms with Crippen LogP contribution in [-0.2, 0) is 0 Å². The zero-order valence-corrected chi connectivity index (χ0v) is 12.0. The molecule has 0 spiro atoms. The predicted octanol–water partition coefficient (Wildman–Crippen LogP) is 2.98. The molecule has 0 aliphatic carbocycles. The molecule has 0 radical (unpaired) electrons. The number of nitrogens with two attached hydrogens (primary N) is 1. The maximum atomic E-state index is 5.59. The summed E-state index contributed by atoms with van der Waals surface area (Å²) >= 11 is 0. The lowest BCUT2D eigenvalue weighted by atomic mass is 10.1. The van der Waals surface area contributed by atoms with Crippen LogP contribution in [0.25, 0.3) is 22.3 Å². The second kappa shape index (κ2) is 5.89. The molecule has 106 valence electrons. The normalized spacial score (nSPS) is 10.8. The largest absolute Gasteiger partial charge is 0.368 e. The molecule has 0 aliphatic rings. The predicted molar refractivity (Wildman–Crippen MR) is 87.3 cm³/mol. The lowest BCUT2D eigenvalue weighted by Gasteiger charge is -2.11. The highest BCUT2D eigenvalue weighted by atomic mass is 15.0. The number of benzene rings is 2. The maximum Gasteiger partial charge on any atom is 0.162 e. The minimum Gasteiger partial charge on any atom is -0.368 e. The summed E-state index contributed by atoms with van der Waals surface area (Å²) < 4.78 is 0. The molecule has 3 aromatic rings. The first-order valence-corrected chi connectivity index (χ1v) is 7.06. The highest BCUT2D eigenvalue weighted by Crippen LogP contribution is 2.26. The Morgan fingerprint density at radius 2 is 1.76 bits per heavy atom. The third kappa shape index (κ3) is 2.71. The second-order valence-corrected chi connectivity index (χ2v) is 4.94. The van der Waals surface area contributed by atoms with Crippen LogP contribution in [0.4, 0.5) is 5.82 Å². The van der Waals surface area contributed by atoms with Crippen LogP contribution in [-0.4, -0.2) is 23.1 Å². The third-order valence-electron chi connectivity index (χ3n) is 3.43. The van der Waals surface area contributed by atoms with Crippen LogP contribution in [0.5, 0.6) is 0 Å². The molecule has 0 atom stereocenters. The number of rotatable bonds is 4. The number of hydrogen-bond donors (Lipinski definition) is 2. The Kier molecular flexibility index (Phi) is 3.79. The number of aromatic nitrogens is 2. The number of anilines is 1. The SMILES string of the molecule is Cc1ccccc1-c1nc(NCCN)c2ccccc2n1. The van der Waals surface area contributed by atoms with E-state index in [2.05, 4.69) is 18.3 Å². The van der Waals surface area contributed by atoms with Gasteiger partial charge in [0.2, 0.25) is 0 Å². The summed E-state index contributed by atoms with van der Waals surface area (Å²) in [6.45, 7) is 3.33. The van der Waals surface area contributed by atoms with Crippen molar-refractivity contribution in [1.29, 1.82) is 0 Å². The van der Waals surface area contributed by atoms with Gasteiger partial charge >= 0.3 is 0 Å². The molecule has 3 N–H and O–H groups in total. The second-order valence-electron chi connectivity index (χ2n) is 4.94. The van der Waals surface area contributed by atoms with Crippen LogP contribution < -0.4 is 11.1 Å². The number of aryl methyl sites for hydroxylation is 1. The summed E-state index contributed by atoms with van der Waals surface area (Å²) in [5.74, 6) is 1.58. The Labute approximate surface area is 124 Å². The minimum absolute atomic E-state index is 0.567. The van der Waals surface area contributed by atoms with E-state index in [4.69, 9.17) is 15.7 Å². The van der Waals surface area contributed by atoms with Crippen LogP contribution in [0.2, 0.25) is 0 Å². The van der Waals surface area contributed by atoms with E-state index in [0.29, 0.717) is 13.1 Å². The van der Waals surface area contributed by atoms with Gasteiger partial charge in [-0.15, -0.1) is 0 Å². The van der Waals surface area contributed by atoms with Crippen molar-refractivity contribution >= 4 is 16.7 Å². The summed E-state index contributed by atoms with van der Waals surface area (Å²) in [7, 11) is 0. The molecular formula is C17H18N4. The van der Waals surface area contributed by atoms with E-state index in [0.717, 1.165) is 33.7 Å². The summed E-state index contributed by atoms with van der Waals surface area (Å²) in [5.41, 5.74) is 8.74. The van der Waals surface area contributed by atoms with E-state index in [-0.39, 0.29) is 0 Å². The zero-order valence-electron chi connectivity index (χ0n) is 12.0. The molecule has 3 rings (SSSR count). The van der Waals surface area contributed by atoms with Crippen molar-refractivity contribution < 1.29 is 0 Å². The van der Waals surface area contributed by atoms with Crippen LogP contribution in [0.3, 0.4) is 0 Å². The lowest BCUT2D eigenvalue weighted by Crippen LogP contribution is -2.14. The van der Waals surface area contributed by atoms with E-state index in [1.807, 2.05) is 42.5 Å². The summed E-state index contributed by atoms with van der Waals surface area (Å²) in [5, 5.41) is 4.31. The summed E-state index contributed by atoms with van der Waals surface area (Å²) in [6, 6.07) is 16.2. The standard InChI is InChI=1S/C17H18N4/c1-12-6-2-3-7-13(12)17-20-15-9-5-4-8-14(15)16(21-17)19-11-10-18/h2-9H,10-11,18H2,1H3,(H,19,20,21). The van der Waals surface area contributed by atoms with Gasteiger partial charge in [-0.1, -0.05) is 36.4 Å². The van der Waals surface area contributed by atoms with Crippen molar-refractivity contribution in [3.63, 3.8) is 0 Å². The first kappa shape index (κ1) is 13.5. The molecule has 0 amide bonds. The quantitative estimate of drug-likeness (QED) is 0.770. The van der Waals surface area contributed by atoms with Crippen molar-refractivity contribution in [3.8, 4) is 11.4 Å². The fourth-order valence-corrected chi connectivity index (χ4v) is 2.35. The number of hydrogen-bond acceptors (Lipinski definition) is 4. The lowest BCUT2D eigenvalue weighted by molar-refractivity contribution is 1.01. The van der Waals surface area contributed by atoms with Crippen LogP contribution in [0.15, 0.2) is 48.5 Å². The number of para-hydroxylation sites is 1. The summed E-state index contributed by atoms with van der Waals surface area (Å²) in [6.07, 6.45) is 0. The Morgan fingerprint density at radius 1 is 1.00 bits per heavy atom. The smallest absolute Gasteiger partial charge is 0.162 e. The zero-order chi connectivity index (χ0) is 14.7. The Hall–Kier alpha value is -2.46. The Balaban J connectivity index is 2.18. The average molecular weight is 278 g/mol. The van der Waals surface area contributed by atoms with E-state index in [1.54, 1.807) is 0 Å². The van der Waals surface area contributed by atoms with Gasteiger partial charge in [-0.05, 0) is 24.6 Å². The average Bonchev–Trinajstić information content (AvgIpc) is 2.53. The van der Waals surface area contributed by atoms with Gasteiger partial charge in [-0.3, -0.25) is 0 Å². The van der Waals surface area contributed by atoms with Crippen LogP contribution in [0, 0.1) is 6.92 Å². The van der Waals surface area contributed by atoms with Gasteiger partial charge in [-0.25, -0.2) is 9.97 Å². The van der Waals surface area contributed by atoms with Gasteiger partial charge in [0.1, 0.15) is 5.82 Å². The number of nitrogens with zero attached hydrogens (tertiary/aromatic N) is 2. The molecular weight excluding hydrogens is 260 g/mol. The van der Waals surface area contributed by atoms with Gasteiger partial charge in [0, 0.05) is 24.0 Å². The molecule has 1 heterocycles. The summed E-state index contributed by atoms with van der Waals surface area (Å²) in [4.78, 5) is 9.38. The maximum absolute atomic E-state index is 5.59. The fourth-order valence-electron chi connectivity index (χ4n) is 2.35. The number of fused-ring (bicyclic) bond motifs is 1. The monoisotopic (exact) mass is 278 g/mol. The third-order valence-corrected chi connectivity index (χ3v) is 3.43. The molecule has 0 fully saturated rings. The fraction of sp³-hybridized carbons (Fsp3) is 0.176. The van der Waals surface area contributed by atoms with Gasteiger partial charge in [-0.2, -0.15) is 0 Å². The van der Waals surface area contributed by atoms with E-state index < -0.39 is 0 Å². The molecule has 0 saturated heterocycles.